The zero-order chi connectivity index (χ0) is 18.8. The summed E-state index contributed by atoms with van der Waals surface area (Å²) in [5, 5.41) is 3.47. The molecule has 1 amide bonds. The number of nitrogens with zero attached hydrogens (tertiary/aromatic N) is 2. The second-order valence-corrected chi connectivity index (χ2v) is 6.41. The quantitative estimate of drug-likeness (QED) is 0.732. The number of aromatic nitrogens is 1. The Labute approximate surface area is 158 Å². The highest BCUT2D eigenvalue weighted by molar-refractivity contribution is 6.11. The third-order valence-electron chi connectivity index (χ3n) is 4.82. The molecule has 4 rings (SSSR count). The number of ether oxygens (including phenoxy) is 1. The molecule has 0 unspecified atom stereocenters. The minimum atomic E-state index is -0.366. The monoisotopic (exact) mass is 359 g/mol. The molecular formula is C22H21N3O2. The van der Waals surface area contributed by atoms with Crippen molar-refractivity contribution >= 4 is 17.3 Å². The molecule has 5 nitrogen and oxygen atoms in total. The zero-order valence-corrected chi connectivity index (χ0v) is 15.3. The van der Waals surface area contributed by atoms with E-state index in [1.54, 1.807) is 24.3 Å². The maximum Gasteiger partial charge on any atom is 0.262 e. The van der Waals surface area contributed by atoms with E-state index in [1.165, 1.54) is 5.56 Å². The van der Waals surface area contributed by atoms with E-state index in [1.807, 2.05) is 42.5 Å². The predicted octanol–water partition coefficient (Wildman–Crippen LogP) is 4.42. The maximum absolute atomic E-state index is 13.1. The van der Waals surface area contributed by atoms with Crippen molar-refractivity contribution in [3.8, 4) is 5.75 Å². The molecule has 3 aromatic rings. The lowest BCUT2D eigenvalue weighted by atomic mass is 10.1. The molecule has 1 aliphatic rings. The Morgan fingerprint density at radius 2 is 1.81 bits per heavy atom. The van der Waals surface area contributed by atoms with Crippen molar-refractivity contribution in [1.29, 1.82) is 0 Å². The summed E-state index contributed by atoms with van der Waals surface area (Å²) >= 11 is 0. The van der Waals surface area contributed by atoms with Crippen molar-refractivity contribution in [1.82, 2.24) is 4.98 Å². The van der Waals surface area contributed by atoms with Crippen molar-refractivity contribution in [2.24, 2.45) is 0 Å². The lowest BCUT2D eigenvalue weighted by Crippen LogP contribution is -2.32. The fourth-order valence-electron chi connectivity index (χ4n) is 3.32. The molecule has 0 aliphatic carbocycles. The first-order valence-electron chi connectivity index (χ1n) is 8.99. The number of methoxy groups -OCH3 is 1. The molecule has 0 radical (unpaired) electrons. The van der Waals surface area contributed by atoms with E-state index in [4.69, 9.17) is 4.74 Å². The molecule has 1 N–H and O–H groups in total. The largest absolute Gasteiger partial charge is 0.497 e. The number of hydrogen-bond donors (Lipinski definition) is 1. The second-order valence-electron chi connectivity index (χ2n) is 6.41. The summed E-state index contributed by atoms with van der Waals surface area (Å²) in [7, 11) is 1.63. The van der Waals surface area contributed by atoms with Crippen LogP contribution in [0.2, 0.25) is 0 Å². The Morgan fingerprint density at radius 1 is 1.07 bits per heavy atom. The fourth-order valence-corrected chi connectivity index (χ4v) is 3.32. The van der Waals surface area contributed by atoms with Crippen LogP contribution in [0.3, 0.4) is 0 Å². The van der Waals surface area contributed by atoms with E-state index in [9.17, 15) is 4.79 Å². The van der Waals surface area contributed by atoms with Crippen LogP contribution in [0.4, 0.5) is 11.4 Å². The van der Waals surface area contributed by atoms with Gasteiger partial charge in [-0.05, 0) is 60.5 Å². The third kappa shape index (κ3) is 3.12. The van der Waals surface area contributed by atoms with Gasteiger partial charge in [0.1, 0.15) is 5.75 Å². The molecule has 0 spiro atoms. The van der Waals surface area contributed by atoms with Crippen LogP contribution in [0.5, 0.6) is 5.75 Å². The lowest BCUT2D eigenvalue weighted by molar-refractivity contribution is 0.0993. The Balaban J connectivity index is 1.72. The number of carbonyl (C=O) groups is 1. The number of fused-ring (bicyclic) bond motifs is 1. The van der Waals surface area contributed by atoms with Crippen LogP contribution < -0.4 is 15.0 Å². The Kier molecular flexibility index (Phi) is 4.50. The zero-order valence-electron chi connectivity index (χ0n) is 15.3. The molecule has 1 atom stereocenters. The molecule has 2 aromatic carbocycles. The SMILES string of the molecule is CCc1ccc(N[C@@H]2c3ncccc3C(=O)N2c2ccc(OC)cc2)cc1. The molecule has 0 saturated heterocycles. The molecule has 136 valence electrons. The van der Waals surface area contributed by atoms with Crippen molar-refractivity contribution in [2.45, 2.75) is 19.5 Å². The van der Waals surface area contributed by atoms with Crippen molar-refractivity contribution in [3.05, 3.63) is 83.7 Å². The van der Waals surface area contributed by atoms with Crippen molar-refractivity contribution < 1.29 is 9.53 Å². The molecule has 2 heterocycles. The van der Waals surface area contributed by atoms with Crippen LogP contribution in [-0.2, 0) is 6.42 Å². The van der Waals surface area contributed by atoms with Crippen LogP contribution in [0.1, 0.15) is 34.7 Å². The molecule has 1 aliphatic heterocycles. The first-order valence-corrected chi connectivity index (χ1v) is 8.99. The summed E-state index contributed by atoms with van der Waals surface area (Å²) in [6.45, 7) is 2.13. The van der Waals surface area contributed by atoms with Gasteiger partial charge in [-0.15, -0.1) is 0 Å². The number of pyridine rings is 1. The van der Waals surface area contributed by atoms with Crippen LogP contribution in [0, 0.1) is 0 Å². The minimum Gasteiger partial charge on any atom is -0.497 e. The lowest BCUT2D eigenvalue weighted by Gasteiger charge is -2.26. The van der Waals surface area contributed by atoms with Crippen molar-refractivity contribution in [2.75, 3.05) is 17.3 Å². The number of amides is 1. The van der Waals surface area contributed by atoms with Gasteiger partial charge in [-0.25, -0.2) is 0 Å². The molecule has 1 aromatic heterocycles. The second kappa shape index (κ2) is 7.11. The van der Waals surface area contributed by atoms with Gasteiger partial charge < -0.3 is 10.1 Å². The van der Waals surface area contributed by atoms with Gasteiger partial charge in [-0.1, -0.05) is 19.1 Å². The Morgan fingerprint density at radius 3 is 2.48 bits per heavy atom. The maximum atomic E-state index is 13.1. The number of rotatable bonds is 5. The van der Waals surface area contributed by atoms with E-state index >= 15 is 0 Å². The molecule has 5 heteroatoms. The van der Waals surface area contributed by atoms with Gasteiger partial charge in [0.05, 0.1) is 18.4 Å². The van der Waals surface area contributed by atoms with Gasteiger partial charge >= 0.3 is 0 Å². The summed E-state index contributed by atoms with van der Waals surface area (Å²) in [5.74, 6) is 0.687. The van der Waals surface area contributed by atoms with Gasteiger partial charge in [0.25, 0.3) is 5.91 Å². The van der Waals surface area contributed by atoms with E-state index in [0.29, 0.717) is 5.56 Å². The van der Waals surface area contributed by atoms with E-state index in [0.717, 1.165) is 29.2 Å². The predicted molar refractivity (Wildman–Crippen MR) is 106 cm³/mol. The molecule has 27 heavy (non-hydrogen) atoms. The van der Waals surface area contributed by atoms with Gasteiger partial charge in [0.15, 0.2) is 6.17 Å². The summed E-state index contributed by atoms with van der Waals surface area (Å²) in [5.41, 5.74) is 4.37. The van der Waals surface area contributed by atoms with Gasteiger partial charge in [-0.2, -0.15) is 0 Å². The average molecular weight is 359 g/mol. The van der Waals surface area contributed by atoms with Crippen LogP contribution in [0.15, 0.2) is 66.9 Å². The molecule has 0 fully saturated rings. The van der Waals surface area contributed by atoms with Crippen LogP contribution >= 0.6 is 0 Å². The smallest absolute Gasteiger partial charge is 0.262 e. The fraction of sp³-hybridized carbons (Fsp3) is 0.182. The highest BCUT2D eigenvalue weighted by atomic mass is 16.5. The number of anilines is 2. The summed E-state index contributed by atoms with van der Waals surface area (Å²) in [6.07, 6.45) is 2.35. The average Bonchev–Trinajstić information content (AvgIpc) is 3.01. The first kappa shape index (κ1) is 17.1. The number of nitrogens with one attached hydrogen (secondary N) is 1. The number of hydrogen-bond acceptors (Lipinski definition) is 4. The van der Waals surface area contributed by atoms with E-state index < -0.39 is 0 Å². The molecular weight excluding hydrogens is 338 g/mol. The van der Waals surface area contributed by atoms with E-state index in [-0.39, 0.29) is 12.1 Å². The number of benzene rings is 2. The topological polar surface area (TPSA) is 54.5 Å². The highest BCUT2D eigenvalue weighted by Gasteiger charge is 2.38. The van der Waals surface area contributed by atoms with Gasteiger partial charge in [0, 0.05) is 17.6 Å². The minimum absolute atomic E-state index is 0.0639. The van der Waals surface area contributed by atoms with Crippen LogP contribution in [0.25, 0.3) is 0 Å². The molecule has 0 saturated carbocycles. The first-order chi connectivity index (χ1) is 13.2. The normalized spacial score (nSPS) is 15.6. The summed E-state index contributed by atoms with van der Waals surface area (Å²) in [6, 6.07) is 19.4. The van der Waals surface area contributed by atoms with E-state index in [2.05, 4.69) is 29.4 Å². The standard InChI is InChI=1S/C22H21N3O2/c1-3-15-6-8-16(9-7-15)24-21-20-19(5-4-14-23-20)22(26)25(21)17-10-12-18(27-2)13-11-17/h4-14,21,24H,3H2,1-2H3/t21-/m0/s1. The third-order valence-corrected chi connectivity index (χ3v) is 4.82. The number of aryl methyl sites for hydroxylation is 1. The summed E-state index contributed by atoms with van der Waals surface area (Å²) < 4.78 is 5.23. The number of carbonyl (C=O) groups excluding carboxylic acids is 1. The van der Waals surface area contributed by atoms with Gasteiger partial charge in [0.2, 0.25) is 0 Å². The Bertz CT molecular complexity index is 952. The highest BCUT2D eigenvalue weighted by Crippen LogP contribution is 2.37. The van der Waals surface area contributed by atoms with Gasteiger partial charge in [-0.3, -0.25) is 14.7 Å². The summed E-state index contributed by atoms with van der Waals surface area (Å²) in [4.78, 5) is 19.3. The van der Waals surface area contributed by atoms with Crippen molar-refractivity contribution in [3.63, 3.8) is 0 Å². The Hall–Kier alpha value is -3.34. The van der Waals surface area contributed by atoms with Crippen LogP contribution in [-0.4, -0.2) is 18.0 Å². The molecule has 0 bridgehead atoms.